The van der Waals surface area contributed by atoms with Crippen LogP contribution in [0.5, 0.6) is 5.75 Å². The number of ether oxygens (including phenoxy) is 1. The molecule has 0 atom stereocenters. The average Bonchev–Trinajstić information content (AvgIpc) is 3.11. The molecule has 0 radical (unpaired) electrons. The fraction of sp³-hybridized carbons (Fsp3) is 0.450. The summed E-state index contributed by atoms with van der Waals surface area (Å²) in [5.74, 6) is 1.52. The molecule has 4 rings (SSSR count). The lowest BCUT2D eigenvalue weighted by atomic mass is 10.2. The number of nitrogens with zero attached hydrogens (tertiary/aromatic N) is 5. The van der Waals surface area contributed by atoms with E-state index in [1.54, 1.807) is 12.0 Å². The van der Waals surface area contributed by atoms with E-state index in [9.17, 15) is 9.59 Å². The van der Waals surface area contributed by atoms with Crippen molar-refractivity contribution >= 4 is 23.3 Å². The highest BCUT2D eigenvalue weighted by Crippen LogP contribution is 2.23. The quantitative estimate of drug-likeness (QED) is 0.796. The van der Waals surface area contributed by atoms with Crippen LogP contribution in [0.3, 0.4) is 0 Å². The average molecular weight is 383 g/mol. The van der Waals surface area contributed by atoms with Crippen LogP contribution in [0.2, 0.25) is 0 Å². The van der Waals surface area contributed by atoms with E-state index in [4.69, 9.17) is 4.74 Å². The lowest BCUT2D eigenvalue weighted by Crippen LogP contribution is -2.52. The van der Waals surface area contributed by atoms with Gasteiger partial charge in [-0.25, -0.2) is 4.68 Å². The summed E-state index contributed by atoms with van der Waals surface area (Å²) in [6.45, 7) is 5.37. The zero-order valence-electron chi connectivity index (χ0n) is 16.3. The van der Waals surface area contributed by atoms with Gasteiger partial charge in [0.05, 0.1) is 19.3 Å². The van der Waals surface area contributed by atoms with Crippen LogP contribution in [0.4, 0.5) is 11.5 Å². The van der Waals surface area contributed by atoms with Crippen LogP contribution in [0, 0.1) is 6.92 Å². The molecule has 1 saturated heterocycles. The van der Waals surface area contributed by atoms with Crippen molar-refractivity contribution in [1.82, 2.24) is 14.7 Å². The fourth-order valence-corrected chi connectivity index (χ4v) is 3.79. The standard InChI is InChI=1S/C20H25N5O3/c1-15-13-18-24(19(26)7-8-25(18)21-15)14-20(27)23-11-9-22(10-12-23)16-3-5-17(28-2)6-4-16/h3-6,13H,7-12,14H2,1-2H3. The fourth-order valence-electron chi connectivity index (χ4n) is 3.79. The van der Waals surface area contributed by atoms with Gasteiger partial charge in [0.15, 0.2) is 0 Å². The molecule has 8 nitrogen and oxygen atoms in total. The van der Waals surface area contributed by atoms with Crippen molar-refractivity contribution in [3.63, 3.8) is 0 Å². The molecule has 2 aromatic rings. The molecule has 1 fully saturated rings. The smallest absolute Gasteiger partial charge is 0.242 e. The molecule has 0 N–H and O–H groups in total. The molecule has 0 saturated carbocycles. The summed E-state index contributed by atoms with van der Waals surface area (Å²) in [6, 6.07) is 9.82. The predicted molar refractivity (Wildman–Crippen MR) is 106 cm³/mol. The molecule has 2 aliphatic rings. The van der Waals surface area contributed by atoms with Crippen LogP contribution >= 0.6 is 0 Å². The lowest BCUT2D eigenvalue weighted by Gasteiger charge is -2.37. The second kappa shape index (κ2) is 7.53. The van der Waals surface area contributed by atoms with Gasteiger partial charge < -0.3 is 14.5 Å². The summed E-state index contributed by atoms with van der Waals surface area (Å²) in [6.07, 6.45) is 0.382. The lowest BCUT2D eigenvalue weighted by molar-refractivity contribution is -0.132. The number of rotatable bonds is 4. The number of anilines is 2. The summed E-state index contributed by atoms with van der Waals surface area (Å²) in [5, 5.41) is 4.39. The summed E-state index contributed by atoms with van der Waals surface area (Å²) in [5.41, 5.74) is 1.98. The largest absolute Gasteiger partial charge is 0.497 e. The Kier molecular flexibility index (Phi) is 4.93. The number of carbonyl (C=O) groups is 2. The van der Waals surface area contributed by atoms with E-state index >= 15 is 0 Å². The zero-order valence-corrected chi connectivity index (χ0v) is 16.3. The van der Waals surface area contributed by atoms with Crippen molar-refractivity contribution in [1.29, 1.82) is 0 Å². The van der Waals surface area contributed by atoms with E-state index < -0.39 is 0 Å². The van der Waals surface area contributed by atoms with E-state index in [1.807, 2.05) is 46.8 Å². The van der Waals surface area contributed by atoms with Gasteiger partial charge in [0.2, 0.25) is 11.8 Å². The van der Waals surface area contributed by atoms with E-state index in [0.717, 1.165) is 36.0 Å². The first-order chi connectivity index (χ1) is 13.5. The van der Waals surface area contributed by atoms with Crippen molar-refractivity contribution < 1.29 is 14.3 Å². The van der Waals surface area contributed by atoms with Crippen LogP contribution in [-0.2, 0) is 16.1 Å². The van der Waals surface area contributed by atoms with Crippen molar-refractivity contribution in [3.05, 3.63) is 36.0 Å². The number of aromatic nitrogens is 2. The van der Waals surface area contributed by atoms with Crippen molar-refractivity contribution in [2.75, 3.05) is 49.6 Å². The van der Waals surface area contributed by atoms with E-state index in [2.05, 4.69) is 10.00 Å². The topological polar surface area (TPSA) is 70.9 Å². The number of aryl methyl sites for hydroxylation is 2. The van der Waals surface area contributed by atoms with Crippen LogP contribution in [-0.4, -0.2) is 66.3 Å². The van der Waals surface area contributed by atoms with Gasteiger partial charge in [-0.15, -0.1) is 0 Å². The Morgan fingerprint density at radius 1 is 1.11 bits per heavy atom. The van der Waals surface area contributed by atoms with Gasteiger partial charge in [-0.05, 0) is 31.2 Å². The first-order valence-electron chi connectivity index (χ1n) is 9.57. The molecular formula is C20H25N5O3. The highest BCUT2D eigenvalue weighted by molar-refractivity contribution is 5.99. The maximum Gasteiger partial charge on any atom is 0.242 e. The maximum atomic E-state index is 12.8. The highest BCUT2D eigenvalue weighted by Gasteiger charge is 2.30. The maximum absolute atomic E-state index is 12.8. The molecule has 1 aromatic heterocycles. The van der Waals surface area contributed by atoms with Crippen molar-refractivity contribution in [3.8, 4) is 5.75 Å². The number of fused-ring (bicyclic) bond motifs is 1. The van der Waals surface area contributed by atoms with Gasteiger partial charge in [-0.2, -0.15) is 5.10 Å². The summed E-state index contributed by atoms with van der Waals surface area (Å²) in [7, 11) is 1.65. The Labute approximate surface area is 164 Å². The molecule has 0 bridgehead atoms. The molecule has 0 spiro atoms. The van der Waals surface area contributed by atoms with Crippen molar-refractivity contribution in [2.24, 2.45) is 0 Å². The highest BCUT2D eigenvalue weighted by atomic mass is 16.5. The molecule has 0 unspecified atom stereocenters. The third-order valence-electron chi connectivity index (χ3n) is 5.36. The Morgan fingerprint density at radius 3 is 2.50 bits per heavy atom. The van der Waals surface area contributed by atoms with Crippen LogP contribution in [0.15, 0.2) is 30.3 Å². The van der Waals surface area contributed by atoms with Gasteiger partial charge in [-0.1, -0.05) is 0 Å². The number of methoxy groups -OCH3 is 1. The summed E-state index contributed by atoms with van der Waals surface area (Å²) >= 11 is 0. The second-order valence-electron chi connectivity index (χ2n) is 7.16. The molecule has 2 aliphatic heterocycles. The van der Waals surface area contributed by atoms with Gasteiger partial charge in [0, 0.05) is 44.4 Å². The summed E-state index contributed by atoms with van der Waals surface area (Å²) < 4.78 is 7.01. The first kappa shape index (κ1) is 18.3. The Morgan fingerprint density at radius 2 is 1.82 bits per heavy atom. The zero-order chi connectivity index (χ0) is 19.7. The Bertz CT molecular complexity index is 868. The monoisotopic (exact) mass is 383 g/mol. The van der Waals surface area contributed by atoms with Crippen LogP contribution < -0.4 is 14.5 Å². The van der Waals surface area contributed by atoms with E-state index in [-0.39, 0.29) is 18.4 Å². The van der Waals surface area contributed by atoms with Gasteiger partial charge in [0.25, 0.3) is 0 Å². The first-order valence-corrected chi connectivity index (χ1v) is 9.57. The minimum Gasteiger partial charge on any atom is -0.497 e. The van der Waals surface area contributed by atoms with Crippen LogP contribution in [0.1, 0.15) is 12.1 Å². The van der Waals surface area contributed by atoms with Gasteiger partial charge >= 0.3 is 0 Å². The number of benzene rings is 1. The molecule has 8 heteroatoms. The normalized spacial score (nSPS) is 16.9. The number of hydrogen-bond acceptors (Lipinski definition) is 5. The van der Waals surface area contributed by atoms with Gasteiger partial charge in [-0.3, -0.25) is 14.5 Å². The van der Waals surface area contributed by atoms with E-state index in [1.165, 1.54) is 0 Å². The minimum absolute atomic E-state index is 0.0161. The Balaban J connectivity index is 1.37. The van der Waals surface area contributed by atoms with Crippen LogP contribution in [0.25, 0.3) is 0 Å². The number of carbonyl (C=O) groups excluding carboxylic acids is 2. The molecular weight excluding hydrogens is 358 g/mol. The predicted octanol–water partition coefficient (Wildman–Crippen LogP) is 1.29. The summed E-state index contributed by atoms with van der Waals surface area (Å²) in [4.78, 5) is 30.9. The number of amides is 2. The number of hydrogen-bond donors (Lipinski definition) is 0. The molecule has 2 amide bonds. The molecule has 0 aliphatic carbocycles. The molecule has 3 heterocycles. The second-order valence-corrected chi connectivity index (χ2v) is 7.16. The minimum atomic E-state index is -0.0185. The number of piperazine rings is 1. The van der Waals surface area contributed by atoms with Crippen molar-refractivity contribution in [2.45, 2.75) is 19.9 Å². The third kappa shape index (κ3) is 3.54. The molecule has 148 valence electrons. The third-order valence-corrected chi connectivity index (χ3v) is 5.36. The molecule has 28 heavy (non-hydrogen) atoms. The SMILES string of the molecule is COc1ccc(N2CCN(C(=O)CN3C(=O)CCn4nc(C)cc43)CC2)cc1. The van der Waals surface area contributed by atoms with E-state index in [0.29, 0.717) is 26.1 Å². The molecule has 1 aromatic carbocycles. The Hall–Kier alpha value is -3.03. The van der Waals surface area contributed by atoms with Gasteiger partial charge in [0.1, 0.15) is 18.1 Å².